The molecular formula is C19H12ClFN2O4. The third kappa shape index (κ3) is 4.59. The minimum absolute atomic E-state index is 0.278. The molecule has 0 unspecified atom stereocenters. The van der Waals surface area contributed by atoms with Gasteiger partial charge >= 0.3 is 0 Å². The Labute approximate surface area is 158 Å². The Morgan fingerprint density at radius 1 is 1.15 bits per heavy atom. The number of carbonyl (C=O) groups excluding carboxylic acids is 1. The van der Waals surface area contributed by atoms with Gasteiger partial charge in [-0.2, -0.15) is 0 Å². The summed E-state index contributed by atoms with van der Waals surface area (Å²) in [4.78, 5) is 22.0. The number of nitro groups is 1. The SMILES string of the molecule is O=C(C=Cc1ccc(-c2ccc(Cl)cc2)o1)Nc1cc([N+](=O)[O-])ccc1F. The van der Waals surface area contributed by atoms with Crippen LogP contribution in [0.2, 0.25) is 5.02 Å². The van der Waals surface area contributed by atoms with Crippen molar-refractivity contribution in [1.29, 1.82) is 0 Å². The zero-order valence-electron chi connectivity index (χ0n) is 13.7. The Bertz CT molecular complexity index is 1030. The van der Waals surface area contributed by atoms with Crippen LogP contribution >= 0.6 is 11.6 Å². The molecule has 0 saturated carbocycles. The van der Waals surface area contributed by atoms with E-state index >= 15 is 0 Å². The van der Waals surface area contributed by atoms with Crippen molar-refractivity contribution in [3.05, 3.63) is 87.4 Å². The summed E-state index contributed by atoms with van der Waals surface area (Å²) >= 11 is 5.84. The molecule has 0 fully saturated rings. The van der Waals surface area contributed by atoms with Crippen LogP contribution in [0.5, 0.6) is 0 Å². The summed E-state index contributed by atoms with van der Waals surface area (Å²) in [5, 5.41) is 13.6. The van der Waals surface area contributed by atoms with E-state index < -0.39 is 16.6 Å². The van der Waals surface area contributed by atoms with Gasteiger partial charge in [0.2, 0.25) is 5.91 Å². The number of nitrogens with one attached hydrogen (secondary N) is 1. The summed E-state index contributed by atoms with van der Waals surface area (Å²) in [6, 6.07) is 13.4. The van der Waals surface area contributed by atoms with E-state index in [1.54, 1.807) is 36.4 Å². The van der Waals surface area contributed by atoms with Gasteiger partial charge in [-0.15, -0.1) is 0 Å². The molecule has 0 aliphatic heterocycles. The number of halogens is 2. The van der Waals surface area contributed by atoms with E-state index in [4.69, 9.17) is 16.0 Å². The molecule has 0 spiro atoms. The first-order valence-corrected chi connectivity index (χ1v) is 8.09. The van der Waals surface area contributed by atoms with E-state index in [-0.39, 0.29) is 11.4 Å². The Morgan fingerprint density at radius 3 is 2.59 bits per heavy atom. The molecule has 1 heterocycles. The number of nitrogens with zero attached hydrogens (tertiary/aromatic N) is 1. The summed E-state index contributed by atoms with van der Waals surface area (Å²) < 4.78 is 19.3. The monoisotopic (exact) mass is 386 g/mol. The van der Waals surface area contributed by atoms with Crippen LogP contribution in [0, 0.1) is 15.9 Å². The molecule has 1 aromatic heterocycles. The second kappa shape index (κ2) is 7.84. The zero-order chi connectivity index (χ0) is 19.4. The van der Waals surface area contributed by atoms with E-state index in [1.807, 2.05) is 0 Å². The van der Waals surface area contributed by atoms with Crippen LogP contribution in [0.15, 0.2) is 65.1 Å². The zero-order valence-corrected chi connectivity index (χ0v) is 14.4. The lowest BCUT2D eigenvalue weighted by molar-refractivity contribution is -0.384. The quantitative estimate of drug-likeness (QED) is 0.366. The molecule has 8 heteroatoms. The molecule has 1 N–H and O–H groups in total. The molecule has 0 bridgehead atoms. The van der Waals surface area contributed by atoms with E-state index in [9.17, 15) is 19.3 Å². The molecule has 6 nitrogen and oxygen atoms in total. The number of rotatable bonds is 5. The molecule has 3 rings (SSSR count). The minimum atomic E-state index is -0.773. The highest BCUT2D eigenvalue weighted by atomic mass is 35.5. The van der Waals surface area contributed by atoms with Crippen LogP contribution in [-0.2, 0) is 4.79 Å². The number of anilines is 1. The van der Waals surface area contributed by atoms with Gasteiger partial charge in [0.15, 0.2) is 0 Å². The molecule has 136 valence electrons. The molecule has 27 heavy (non-hydrogen) atoms. The maximum absolute atomic E-state index is 13.7. The van der Waals surface area contributed by atoms with Crippen LogP contribution < -0.4 is 5.32 Å². The molecule has 2 aromatic carbocycles. The maximum atomic E-state index is 13.7. The van der Waals surface area contributed by atoms with E-state index in [0.29, 0.717) is 16.5 Å². The highest BCUT2D eigenvalue weighted by Gasteiger charge is 2.12. The number of hydrogen-bond acceptors (Lipinski definition) is 4. The van der Waals surface area contributed by atoms with Gasteiger partial charge in [-0.3, -0.25) is 14.9 Å². The van der Waals surface area contributed by atoms with Crippen LogP contribution in [0.25, 0.3) is 17.4 Å². The summed E-state index contributed by atoms with van der Waals surface area (Å²) in [5.74, 6) is -0.421. The van der Waals surface area contributed by atoms with Crippen molar-refractivity contribution >= 4 is 35.0 Å². The normalized spacial score (nSPS) is 10.9. The average Bonchev–Trinajstić information content (AvgIpc) is 3.11. The molecule has 1 amide bonds. The predicted molar refractivity (Wildman–Crippen MR) is 99.9 cm³/mol. The van der Waals surface area contributed by atoms with Gasteiger partial charge in [0.1, 0.15) is 17.3 Å². The van der Waals surface area contributed by atoms with Crippen molar-refractivity contribution in [2.75, 3.05) is 5.32 Å². The largest absolute Gasteiger partial charge is 0.457 e. The molecular weight excluding hydrogens is 375 g/mol. The van der Waals surface area contributed by atoms with Crippen LogP contribution in [-0.4, -0.2) is 10.8 Å². The molecule has 0 saturated heterocycles. The topological polar surface area (TPSA) is 85.4 Å². The van der Waals surface area contributed by atoms with Crippen LogP contribution in [0.4, 0.5) is 15.8 Å². The number of carbonyl (C=O) groups is 1. The Kier molecular flexibility index (Phi) is 5.33. The van der Waals surface area contributed by atoms with E-state index in [2.05, 4.69) is 5.32 Å². The molecule has 0 aliphatic rings. The fourth-order valence-electron chi connectivity index (χ4n) is 2.27. The lowest BCUT2D eigenvalue weighted by Gasteiger charge is -2.03. The second-order valence-electron chi connectivity index (χ2n) is 5.45. The first-order valence-electron chi connectivity index (χ1n) is 7.71. The third-order valence-electron chi connectivity index (χ3n) is 3.57. The predicted octanol–water partition coefficient (Wildman–Crippen LogP) is 5.30. The molecule has 0 atom stereocenters. The highest BCUT2D eigenvalue weighted by molar-refractivity contribution is 6.30. The number of nitro benzene ring substituents is 1. The first-order chi connectivity index (χ1) is 12.9. The van der Waals surface area contributed by atoms with Crippen molar-refractivity contribution in [1.82, 2.24) is 0 Å². The highest BCUT2D eigenvalue weighted by Crippen LogP contribution is 2.25. The first kappa shape index (κ1) is 18.3. The molecule has 3 aromatic rings. The van der Waals surface area contributed by atoms with E-state index in [0.717, 1.165) is 29.8 Å². The lowest BCUT2D eigenvalue weighted by Crippen LogP contribution is -2.09. The Balaban J connectivity index is 1.70. The standard InChI is InChI=1S/C19H12ClFN2O4/c20-13-3-1-12(2-4-13)18-9-6-15(27-18)7-10-19(24)22-17-11-14(23(25)26)5-8-16(17)21/h1-11H,(H,22,24). The van der Waals surface area contributed by atoms with Gasteiger partial charge in [0, 0.05) is 28.8 Å². The molecule has 0 radical (unpaired) electrons. The molecule has 0 aliphatic carbocycles. The number of benzene rings is 2. The van der Waals surface area contributed by atoms with Crippen molar-refractivity contribution in [2.45, 2.75) is 0 Å². The summed E-state index contributed by atoms with van der Waals surface area (Å²) in [7, 11) is 0. The fourth-order valence-corrected chi connectivity index (χ4v) is 2.39. The van der Waals surface area contributed by atoms with Gasteiger partial charge in [0.25, 0.3) is 5.69 Å². The summed E-state index contributed by atoms with van der Waals surface area (Å²) in [6.07, 6.45) is 2.55. The van der Waals surface area contributed by atoms with Gasteiger partial charge in [-0.25, -0.2) is 4.39 Å². The number of furan rings is 1. The van der Waals surface area contributed by atoms with Crippen molar-refractivity contribution < 1.29 is 18.5 Å². The Hall–Kier alpha value is -3.45. The minimum Gasteiger partial charge on any atom is -0.457 e. The third-order valence-corrected chi connectivity index (χ3v) is 3.83. The van der Waals surface area contributed by atoms with E-state index in [1.165, 1.54) is 6.08 Å². The lowest BCUT2D eigenvalue weighted by atomic mass is 10.2. The summed E-state index contributed by atoms with van der Waals surface area (Å²) in [5.41, 5.74) is 0.219. The number of amides is 1. The number of non-ortho nitro benzene ring substituents is 1. The Morgan fingerprint density at radius 2 is 1.89 bits per heavy atom. The maximum Gasteiger partial charge on any atom is 0.271 e. The van der Waals surface area contributed by atoms with Crippen molar-refractivity contribution in [2.24, 2.45) is 0 Å². The smallest absolute Gasteiger partial charge is 0.271 e. The fraction of sp³-hybridized carbons (Fsp3) is 0. The van der Waals surface area contributed by atoms with Gasteiger partial charge < -0.3 is 9.73 Å². The van der Waals surface area contributed by atoms with Gasteiger partial charge in [0.05, 0.1) is 10.6 Å². The summed E-state index contributed by atoms with van der Waals surface area (Å²) in [6.45, 7) is 0. The van der Waals surface area contributed by atoms with Gasteiger partial charge in [-0.1, -0.05) is 11.6 Å². The average molecular weight is 387 g/mol. The van der Waals surface area contributed by atoms with Crippen LogP contribution in [0.3, 0.4) is 0 Å². The van der Waals surface area contributed by atoms with Crippen molar-refractivity contribution in [3.8, 4) is 11.3 Å². The van der Waals surface area contributed by atoms with Crippen LogP contribution in [0.1, 0.15) is 5.76 Å². The number of hydrogen-bond donors (Lipinski definition) is 1. The second-order valence-corrected chi connectivity index (χ2v) is 5.89. The van der Waals surface area contributed by atoms with Crippen molar-refractivity contribution in [3.63, 3.8) is 0 Å². The van der Waals surface area contributed by atoms with Gasteiger partial charge in [-0.05, 0) is 48.5 Å².